The van der Waals surface area contributed by atoms with E-state index in [1.807, 2.05) is 25.1 Å². The maximum atomic E-state index is 8.75. The Labute approximate surface area is 88.3 Å². The van der Waals surface area contributed by atoms with E-state index in [1.54, 1.807) is 7.11 Å². The molecule has 0 bridgehead atoms. The number of aromatic nitrogens is 1. The maximum Gasteiger partial charge on any atom is 0.142 e. The van der Waals surface area contributed by atoms with Crippen molar-refractivity contribution < 1.29 is 4.74 Å². The normalized spacial score (nSPS) is 10.2. The summed E-state index contributed by atoms with van der Waals surface area (Å²) in [6, 6.07) is 8.04. The van der Waals surface area contributed by atoms with Crippen molar-refractivity contribution in [3.63, 3.8) is 0 Å². The summed E-state index contributed by atoms with van der Waals surface area (Å²) in [5, 5.41) is 9.83. The van der Waals surface area contributed by atoms with Gasteiger partial charge in [-0.3, -0.25) is 0 Å². The molecule has 0 aliphatic heterocycles. The highest BCUT2D eigenvalue weighted by Gasteiger charge is 2.10. The van der Waals surface area contributed by atoms with Gasteiger partial charge >= 0.3 is 0 Å². The lowest BCUT2D eigenvalue weighted by molar-refractivity contribution is 0.419. The molecule has 0 spiro atoms. The van der Waals surface area contributed by atoms with Gasteiger partial charge < -0.3 is 9.72 Å². The van der Waals surface area contributed by atoms with E-state index in [-0.39, 0.29) is 0 Å². The standard InChI is InChI=1S/C12H12N2O/c1-8-9(6-7-13)10-4-3-5-11(15-2)12(10)14-8/h3-5,14H,6H2,1-2H3. The van der Waals surface area contributed by atoms with Gasteiger partial charge in [0.05, 0.1) is 25.1 Å². The molecule has 0 aliphatic carbocycles. The Morgan fingerprint density at radius 1 is 1.47 bits per heavy atom. The van der Waals surface area contributed by atoms with Crippen molar-refractivity contribution in [3.8, 4) is 11.8 Å². The third kappa shape index (κ3) is 1.44. The van der Waals surface area contributed by atoms with Crippen LogP contribution in [0.5, 0.6) is 5.75 Å². The minimum Gasteiger partial charge on any atom is -0.495 e. The summed E-state index contributed by atoms with van der Waals surface area (Å²) in [6.45, 7) is 1.98. The van der Waals surface area contributed by atoms with Crippen molar-refractivity contribution >= 4 is 10.9 Å². The van der Waals surface area contributed by atoms with Crippen LogP contribution in [0, 0.1) is 18.3 Å². The van der Waals surface area contributed by atoms with Gasteiger partial charge in [0.15, 0.2) is 0 Å². The molecule has 1 aromatic heterocycles. The molecular weight excluding hydrogens is 188 g/mol. The molecule has 0 amide bonds. The molecule has 0 aliphatic rings. The highest BCUT2D eigenvalue weighted by atomic mass is 16.5. The Morgan fingerprint density at radius 3 is 2.93 bits per heavy atom. The number of nitrogens with one attached hydrogen (secondary N) is 1. The van der Waals surface area contributed by atoms with Gasteiger partial charge in [-0.1, -0.05) is 12.1 Å². The van der Waals surface area contributed by atoms with E-state index < -0.39 is 0 Å². The number of para-hydroxylation sites is 1. The van der Waals surface area contributed by atoms with Crippen molar-refractivity contribution in [2.75, 3.05) is 7.11 Å². The van der Waals surface area contributed by atoms with E-state index >= 15 is 0 Å². The number of hydrogen-bond acceptors (Lipinski definition) is 2. The molecule has 0 fully saturated rings. The van der Waals surface area contributed by atoms with E-state index in [1.165, 1.54) is 0 Å². The molecule has 1 N–H and O–H groups in total. The van der Waals surface area contributed by atoms with Gasteiger partial charge in [-0.2, -0.15) is 5.26 Å². The molecule has 0 atom stereocenters. The molecule has 2 rings (SSSR count). The Morgan fingerprint density at radius 2 is 2.27 bits per heavy atom. The highest BCUT2D eigenvalue weighted by molar-refractivity contribution is 5.89. The van der Waals surface area contributed by atoms with Gasteiger partial charge in [-0.25, -0.2) is 0 Å². The van der Waals surface area contributed by atoms with E-state index in [4.69, 9.17) is 10.00 Å². The number of rotatable bonds is 2. The van der Waals surface area contributed by atoms with Crippen molar-refractivity contribution in [1.82, 2.24) is 4.98 Å². The molecule has 3 nitrogen and oxygen atoms in total. The van der Waals surface area contributed by atoms with Crippen molar-refractivity contribution in [3.05, 3.63) is 29.5 Å². The molecule has 0 saturated carbocycles. The summed E-state index contributed by atoms with van der Waals surface area (Å²) in [6.07, 6.45) is 0.430. The van der Waals surface area contributed by atoms with E-state index in [0.717, 1.165) is 27.9 Å². The lowest BCUT2D eigenvalue weighted by Crippen LogP contribution is -1.84. The predicted octanol–water partition coefficient (Wildman–Crippen LogP) is 2.55. The van der Waals surface area contributed by atoms with Crippen molar-refractivity contribution in [1.29, 1.82) is 5.26 Å². The largest absolute Gasteiger partial charge is 0.495 e. The first-order valence-electron chi connectivity index (χ1n) is 4.79. The number of nitriles is 1. The zero-order valence-electron chi connectivity index (χ0n) is 8.79. The van der Waals surface area contributed by atoms with Crippen LogP contribution in [-0.4, -0.2) is 12.1 Å². The van der Waals surface area contributed by atoms with Gasteiger partial charge in [-0.05, 0) is 18.6 Å². The number of fused-ring (bicyclic) bond motifs is 1. The van der Waals surface area contributed by atoms with Crippen LogP contribution in [0.3, 0.4) is 0 Å². The average Bonchev–Trinajstić information content (AvgIpc) is 2.56. The maximum absolute atomic E-state index is 8.75. The molecular formula is C12H12N2O. The fourth-order valence-electron chi connectivity index (χ4n) is 1.85. The number of aromatic amines is 1. The number of aryl methyl sites for hydroxylation is 1. The third-order valence-electron chi connectivity index (χ3n) is 2.59. The molecule has 3 heteroatoms. The van der Waals surface area contributed by atoms with Gasteiger partial charge in [0, 0.05) is 11.1 Å². The van der Waals surface area contributed by atoms with Crippen molar-refractivity contribution in [2.45, 2.75) is 13.3 Å². The molecule has 0 radical (unpaired) electrons. The molecule has 2 aromatic rings. The fourth-order valence-corrected chi connectivity index (χ4v) is 1.85. The first kappa shape index (κ1) is 9.60. The fraction of sp³-hybridized carbons (Fsp3) is 0.250. The Bertz CT molecular complexity index is 534. The second-order valence-corrected chi connectivity index (χ2v) is 3.45. The summed E-state index contributed by atoms with van der Waals surface area (Å²) in [4.78, 5) is 3.26. The average molecular weight is 200 g/mol. The summed E-state index contributed by atoms with van der Waals surface area (Å²) in [5.74, 6) is 0.819. The Hall–Kier alpha value is -1.95. The quantitative estimate of drug-likeness (QED) is 0.809. The second kappa shape index (κ2) is 3.66. The molecule has 0 unspecified atom stereocenters. The smallest absolute Gasteiger partial charge is 0.142 e. The van der Waals surface area contributed by atoms with E-state index in [0.29, 0.717) is 6.42 Å². The Balaban J connectivity index is 2.73. The van der Waals surface area contributed by atoms with Crippen LogP contribution in [0.15, 0.2) is 18.2 Å². The zero-order valence-corrected chi connectivity index (χ0v) is 8.79. The number of methoxy groups -OCH3 is 1. The number of hydrogen-bond donors (Lipinski definition) is 1. The molecule has 0 saturated heterocycles. The zero-order chi connectivity index (χ0) is 10.8. The van der Waals surface area contributed by atoms with Gasteiger partial charge in [-0.15, -0.1) is 0 Å². The van der Waals surface area contributed by atoms with Crippen LogP contribution in [0.1, 0.15) is 11.3 Å². The van der Waals surface area contributed by atoms with Gasteiger partial charge in [0.1, 0.15) is 5.75 Å². The highest BCUT2D eigenvalue weighted by Crippen LogP contribution is 2.29. The lowest BCUT2D eigenvalue weighted by Gasteiger charge is -2.00. The minimum absolute atomic E-state index is 0.430. The third-order valence-corrected chi connectivity index (χ3v) is 2.59. The second-order valence-electron chi connectivity index (χ2n) is 3.45. The van der Waals surface area contributed by atoms with Gasteiger partial charge in [0.25, 0.3) is 0 Å². The van der Waals surface area contributed by atoms with Crippen LogP contribution in [0.2, 0.25) is 0 Å². The predicted molar refractivity (Wildman–Crippen MR) is 58.9 cm³/mol. The molecule has 15 heavy (non-hydrogen) atoms. The number of benzene rings is 1. The minimum atomic E-state index is 0.430. The van der Waals surface area contributed by atoms with Crippen molar-refractivity contribution in [2.24, 2.45) is 0 Å². The van der Waals surface area contributed by atoms with Crippen LogP contribution in [0.4, 0.5) is 0 Å². The van der Waals surface area contributed by atoms with E-state index in [9.17, 15) is 0 Å². The molecule has 1 aromatic carbocycles. The first-order chi connectivity index (χ1) is 7.27. The monoisotopic (exact) mass is 200 g/mol. The first-order valence-corrected chi connectivity index (χ1v) is 4.79. The topological polar surface area (TPSA) is 48.8 Å². The van der Waals surface area contributed by atoms with Crippen LogP contribution in [0.25, 0.3) is 10.9 Å². The van der Waals surface area contributed by atoms with E-state index in [2.05, 4.69) is 11.1 Å². The Kier molecular flexibility index (Phi) is 2.34. The summed E-state index contributed by atoms with van der Waals surface area (Å²) in [7, 11) is 1.65. The number of nitrogens with zero attached hydrogens (tertiary/aromatic N) is 1. The number of ether oxygens (including phenoxy) is 1. The summed E-state index contributed by atoms with van der Waals surface area (Å²) >= 11 is 0. The molecule has 1 heterocycles. The van der Waals surface area contributed by atoms with Crippen LogP contribution in [-0.2, 0) is 6.42 Å². The van der Waals surface area contributed by atoms with Crippen LogP contribution >= 0.6 is 0 Å². The van der Waals surface area contributed by atoms with Crippen LogP contribution < -0.4 is 4.74 Å². The SMILES string of the molecule is COc1cccc2c(CC#N)c(C)[nH]c12. The number of H-pyrrole nitrogens is 1. The summed E-state index contributed by atoms with van der Waals surface area (Å²) < 4.78 is 5.26. The van der Waals surface area contributed by atoms with Gasteiger partial charge in [0.2, 0.25) is 0 Å². The lowest BCUT2D eigenvalue weighted by atomic mass is 10.1. The summed E-state index contributed by atoms with van der Waals surface area (Å²) in [5.41, 5.74) is 3.07. The molecule has 76 valence electrons.